The first kappa shape index (κ1) is 21.8. The highest BCUT2D eigenvalue weighted by molar-refractivity contribution is 9.10. The summed E-state index contributed by atoms with van der Waals surface area (Å²) in [5.74, 6) is -0.268. The zero-order valence-electron chi connectivity index (χ0n) is 17.5. The molecule has 1 spiro atoms. The maximum Gasteiger partial charge on any atom is 0.325 e. The van der Waals surface area contributed by atoms with Crippen LogP contribution >= 0.6 is 15.9 Å². The van der Waals surface area contributed by atoms with Gasteiger partial charge in [0.05, 0.1) is 6.04 Å². The Kier molecular flexibility index (Phi) is 6.08. The van der Waals surface area contributed by atoms with E-state index in [1.54, 1.807) is 0 Å². The summed E-state index contributed by atoms with van der Waals surface area (Å²) < 4.78 is 0.969. The summed E-state index contributed by atoms with van der Waals surface area (Å²) in [6.07, 6.45) is 2.95. The molecule has 7 heteroatoms. The first-order valence-electron chi connectivity index (χ1n) is 10.2. The average molecular weight is 464 g/mol. The number of imide groups is 1. The molecule has 2 N–H and O–H groups in total. The van der Waals surface area contributed by atoms with Gasteiger partial charge in [0.1, 0.15) is 12.1 Å². The molecule has 3 rings (SSSR count). The summed E-state index contributed by atoms with van der Waals surface area (Å²) in [4.78, 5) is 39.5. The molecule has 2 aliphatic rings. The van der Waals surface area contributed by atoms with Crippen molar-refractivity contribution in [1.82, 2.24) is 15.5 Å². The van der Waals surface area contributed by atoms with Gasteiger partial charge in [-0.2, -0.15) is 0 Å². The van der Waals surface area contributed by atoms with Crippen LogP contribution in [0, 0.1) is 11.3 Å². The lowest BCUT2D eigenvalue weighted by atomic mass is 9.64. The number of carbonyl (C=O) groups is 3. The van der Waals surface area contributed by atoms with Crippen LogP contribution in [0.15, 0.2) is 28.7 Å². The Labute approximate surface area is 180 Å². The van der Waals surface area contributed by atoms with E-state index in [-0.39, 0.29) is 29.8 Å². The molecule has 1 aromatic carbocycles. The van der Waals surface area contributed by atoms with Crippen LogP contribution in [0.2, 0.25) is 0 Å². The van der Waals surface area contributed by atoms with Crippen molar-refractivity contribution < 1.29 is 14.4 Å². The highest BCUT2D eigenvalue weighted by Gasteiger charge is 2.56. The molecule has 0 radical (unpaired) electrons. The third-order valence-electron chi connectivity index (χ3n) is 5.94. The largest absolute Gasteiger partial charge is 0.348 e. The molecular weight excluding hydrogens is 434 g/mol. The number of urea groups is 1. The number of rotatable bonds is 5. The lowest BCUT2D eigenvalue weighted by Crippen LogP contribution is -2.54. The monoisotopic (exact) mass is 463 g/mol. The number of benzene rings is 1. The molecule has 1 saturated heterocycles. The van der Waals surface area contributed by atoms with Crippen LogP contribution < -0.4 is 10.6 Å². The first-order chi connectivity index (χ1) is 13.5. The smallest absolute Gasteiger partial charge is 0.325 e. The fourth-order valence-corrected chi connectivity index (χ4v) is 5.41. The van der Waals surface area contributed by atoms with Crippen LogP contribution in [0.4, 0.5) is 4.79 Å². The molecule has 1 aromatic rings. The van der Waals surface area contributed by atoms with E-state index in [1.807, 2.05) is 31.2 Å². The molecule has 0 unspecified atom stereocenters. The van der Waals surface area contributed by atoms with E-state index < -0.39 is 11.6 Å². The second-order valence-corrected chi connectivity index (χ2v) is 10.3. The number of amides is 4. The van der Waals surface area contributed by atoms with Gasteiger partial charge in [-0.15, -0.1) is 0 Å². The minimum atomic E-state index is -0.881. The lowest BCUT2D eigenvalue weighted by Gasteiger charge is -2.43. The Morgan fingerprint density at radius 3 is 2.52 bits per heavy atom. The summed E-state index contributed by atoms with van der Waals surface area (Å²) in [7, 11) is 0. The average Bonchev–Trinajstić information content (AvgIpc) is 2.82. The van der Waals surface area contributed by atoms with Gasteiger partial charge >= 0.3 is 6.03 Å². The summed E-state index contributed by atoms with van der Waals surface area (Å²) in [6.45, 7) is 8.10. The maximum atomic E-state index is 13.2. The maximum absolute atomic E-state index is 13.2. The summed E-state index contributed by atoms with van der Waals surface area (Å²) in [5.41, 5.74) is 0.0721. The van der Waals surface area contributed by atoms with Gasteiger partial charge in [0.15, 0.2) is 0 Å². The van der Waals surface area contributed by atoms with Gasteiger partial charge in [-0.25, -0.2) is 4.79 Å². The van der Waals surface area contributed by atoms with E-state index in [4.69, 9.17) is 0 Å². The summed E-state index contributed by atoms with van der Waals surface area (Å²) in [5, 5.41) is 5.88. The molecule has 1 heterocycles. The van der Waals surface area contributed by atoms with Crippen molar-refractivity contribution in [1.29, 1.82) is 0 Å². The Balaban J connectivity index is 1.69. The number of hydrogen-bond acceptors (Lipinski definition) is 3. The van der Waals surface area contributed by atoms with Crippen molar-refractivity contribution in [3.8, 4) is 0 Å². The summed E-state index contributed by atoms with van der Waals surface area (Å²) >= 11 is 3.41. The number of nitrogens with one attached hydrogen (secondary N) is 2. The van der Waals surface area contributed by atoms with E-state index in [0.717, 1.165) is 21.4 Å². The van der Waals surface area contributed by atoms with Crippen LogP contribution in [0.5, 0.6) is 0 Å². The van der Waals surface area contributed by atoms with E-state index in [2.05, 4.69) is 47.3 Å². The van der Waals surface area contributed by atoms with Gasteiger partial charge < -0.3 is 10.6 Å². The standard InChI is InChI=1S/C22H30BrN3O3/c1-5-17(15-6-8-16(23)9-7-15)24-18(27)12-26-19(28)22(25-20(26)29)11-14(2)10-21(3,4)13-22/h6-9,14,17H,5,10-13H2,1-4H3,(H,24,27)(H,25,29)/t14-,17+,22-/m0/s1. The molecule has 1 aliphatic heterocycles. The van der Waals surface area contributed by atoms with E-state index in [9.17, 15) is 14.4 Å². The van der Waals surface area contributed by atoms with Crippen molar-refractivity contribution >= 4 is 33.8 Å². The Morgan fingerprint density at radius 2 is 1.93 bits per heavy atom. The third-order valence-corrected chi connectivity index (χ3v) is 6.47. The molecule has 6 nitrogen and oxygen atoms in total. The predicted molar refractivity (Wildman–Crippen MR) is 115 cm³/mol. The van der Waals surface area contributed by atoms with Gasteiger partial charge in [0.25, 0.3) is 5.91 Å². The molecule has 0 bridgehead atoms. The zero-order chi connectivity index (χ0) is 21.4. The molecule has 29 heavy (non-hydrogen) atoms. The van der Waals surface area contributed by atoms with Crippen LogP contribution in [0.25, 0.3) is 0 Å². The molecule has 3 atom stereocenters. The van der Waals surface area contributed by atoms with Crippen molar-refractivity contribution in [2.24, 2.45) is 11.3 Å². The number of carbonyl (C=O) groups excluding carboxylic acids is 3. The molecule has 2 fully saturated rings. The van der Waals surface area contributed by atoms with Crippen LogP contribution in [0.1, 0.15) is 65.0 Å². The van der Waals surface area contributed by atoms with E-state index >= 15 is 0 Å². The lowest BCUT2D eigenvalue weighted by molar-refractivity contribution is -0.137. The van der Waals surface area contributed by atoms with Crippen molar-refractivity contribution in [3.63, 3.8) is 0 Å². The Bertz CT molecular complexity index is 808. The molecule has 1 saturated carbocycles. The second kappa shape index (κ2) is 8.09. The molecule has 158 valence electrons. The summed E-state index contributed by atoms with van der Waals surface area (Å²) in [6, 6.07) is 7.12. The highest BCUT2D eigenvalue weighted by Crippen LogP contribution is 2.46. The minimum Gasteiger partial charge on any atom is -0.348 e. The van der Waals surface area contributed by atoms with E-state index in [0.29, 0.717) is 25.2 Å². The van der Waals surface area contributed by atoms with Gasteiger partial charge in [0.2, 0.25) is 5.91 Å². The number of nitrogens with zero attached hydrogens (tertiary/aromatic N) is 1. The van der Waals surface area contributed by atoms with Crippen molar-refractivity contribution in [2.45, 2.75) is 65.0 Å². The highest BCUT2D eigenvalue weighted by atomic mass is 79.9. The molecular formula is C22H30BrN3O3. The van der Waals surface area contributed by atoms with Crippen LogP contribution in [0.3, 0.4) is 0 Å². The Hall–Kier alpha value is -1.89. The topological polar surface area (TPSA) is 78.5 Å². The SMILES string of the molecule is CC[C@@H](NC(=O)CN1C(=O)N[C@]2(C[C@@H](C)CC(C)(C)C2)C1=O)c1ccc(Br)cc1. The quantitative estimate of drug-likeness (QED) is 0.643. The Morgan fingerprint density at radius 1 is 1.28 bits per heavy atom. The number of halogens is 1. The second-order valence-electron chi connectivity index (χ2n) is 9.34. The fraction of sp³-hybridized carbons (Fsp3) is 0.591. The fourth-order valence-electron chi connectivity index (χ4n) is 5.15. The zero-order valence-corrected chi connectivity index (χ0v) is 19.1. The third kappa shape index (κ3) is 4.65. The van der Waals surface area contributed by atoms with Crippen LogP contribution in [-0.4, -0.2) is 34.8 Å². The van der Waals surface area contributed by atoms with Gasteiger partial charge in [-0.05, 0) is 54.7 Å². The van der Waals surface area contributed by atoms with Gasteiger partial charge in [-0.1, -0.05) is 55.8 Å². The normalized spacial score (nSPS) is 27.1. The number of hydrogen-bond donors (Lipinski definition) is 2. The van der Waals surface area contributed by atoms with Gasteiger partial charge in [-0.3, -0.25) is 14.5 Å². The van der Waals surface area contributed by atoms with E-state index in [1.165, 1.54) is 0 Å². The molecule has 0 aromatic heterocycles. The molecule has 1 aliphatic carbocycles. The minimum absolute atomic E-state index is 0.0340. The van der Waals surface area contributed by atoms with Crippen molar-refractivity contribution in [2.75, 3.05) is 6.54 Å². The van der Waals surface area contributed by atoms with Crippen molar-refractivity contribution in [3.05, 3.63) is 34.3 Å². The predicted octanol–water partition coefficient (Wildman–Crippen LogP) is 4.15. The first-order valence-corrected chi connectivity index (χ1v) is 11.0. The molecule has 4 amide bonds. The van der Waals surface area contributed by atoms with Gasteiger partial charge in [0, 0.05) is 4.47 Å². The van der Waals surface area contributed by atoms with Crippen LogP contribution in [-0.2, 0) is 9.59 Å².